The van der Waals surface area contributed by atoms with E-state index in [1.807, 2.05) is 13.8 Å². The molecular weight excluding hydrogens is 248 g/mol. The summed E-state index contributed by atoms with van der Waals surface area (Å²) in [5, 5.41) is 28.5. The second-order valence-electron chi connectivity index (χ2n) is 4.81. The largest absolute Gasteiger partial charge is 0.507 e. The number of Topliss-reactive ketones (excluding diaryl/α,β-unsaturated/α-hetero) is 1. The Balaban J connectivity index is 3.39. The van der Waals surface area contributed by atoms with E-state index in [9.17, 15) is 19.8 Å². The lowest BCUT2D eigenvalue weighted by molar-refractivity contribution is 0.0954. The minimum absolute atomic E-state index is 0.0374. The number of hydrogen-bond donors (Lipinski definition) is 3. The lowest BCUT2D eigenvalue weighted by Crippen LogP contribution is -2.06. The smallest absolute Gasteiger partial charge is 0.168 e. The first-order valence-electron chi connectivity index (χ1n) is 6.09. The van der Waals surface area contributed by atoms with Crippen LogP contribution in [0.4, 0.5) is 0 Å². The molecule has 3 N–H and O–H groups in total. The molecule has 0 amide bonds. The lowest BCUT2D eigenvalue weighted by Gasteiger charge is -2.13. The number of phenols is 2. The van der Waals surface area contributed by atoms with Gasteiger partial charge in [-0.2, -0.15) is 0 Å². The van der Waals surface area contributed by atoms with Crippen molar-refractivity contribution in [3.05, 3.63) is 22.8 Å². The van der Waals surface area contributed by atoms with Gasteiger partial charge >= 0.3 is 0 Å². The molecule has 0 fully saturated rings. The Morgan fingerprint density at radius 3 is 2.42 bits per heavy atom. The molecule has 0 aliphatic rings. The fourth-order valence-corrected chi connectivity index (χ4v) is 1.90. The number of aldehydes is 1. The van der Waals surface area contributed by atoms with Gasteiger partial charge in [-0.25, -0.2) is 0 Å². The Labute approximate surface area is 111 Å². The molecule has 0 bridgehead atoms. The highest BCUT2D eigenvalue weighted by Gasteiger charge is 2.21. The predicted molar refractivity (Wildman–Crippen MR) is 69.7 cm³/mol. The van der Waals surface area contributed by atoms with Gasteiger partial charge in [-0.15, -0.1) is 0 Å². The van der Waals surface area contributed by atoms with Gasteiger partial charge in [0.1, 0.15) is 11.5 Å². The predicted octanol–water partition coefficient (Wildman–Crippen LogP) is 1.67. The van der Waals surface area contributed by atoms with Crippen molar-refractivity contribution in [3.63, 3.8) is 0 Å². The lowest BCUT2D eigenvalue weighted by atomic mass is 9.94. The number of carbonyl (C=O) groups excluding carboxylic acids is 2. The molecule has 1 aromatic rings. The molecule has 0 aliphatic carbocycles. The molecule has 1 aromatic carbocycles. The number of carbonyl (C=O) groups is 2. The number of aliphatic hydroxyl groups excluding tert-OH is 1. The zero-order valence-electron chi connectivity index (χ0n) is 11.0. The molecular formula is C14H18O5. The minimum Gasteiger partial charge on any atom is -0.507 e. The Morgan fingerprint density at radius 1 is 1.32 bits per heavy atom. The van der Waals surface area contributed by atoms with Gasteiger partial charge in [0.15, 0.2) is 12.1 Å². The summed E-state index contributed by atoms with van der Waals surface area (Å²) in [6.07, 6.45) is 0.661. The van der Waals surface area contributed by atoms with Crippen LogP contribution in [0.25, 0.3) is 0 Å². The highest BCUT2D eigenvalue weighted by molar-refractivity contribution is 6.02. The van der Waals surface area contributed by atoms with E-state index in [0.717, 1.165) is 0 Å². The average Bonchev–Trinajstić information content (AvgIpc) is 2.33. The highest BCUT2D eigenvalue weighted by atomic mass is 16.3. The van der Waals surface area contributed by atoms with Crippen molar-refractivity contribution in [1.29, 1.82) is 0 Å². The number of phenolic OH excluding ortho intramolecular Hbond substituents is 2. The Hall–Kier alpha value is -1.88. The maximum atomic E-state index is 11.8. The van der Waals surface area contributed by atoms with E-state index in [1.54, 1.807) is 0 Å². The van der Waals surface area contributed by atoms with Crippen molar-refractivity contribution in [2.75, 3.05) is 6.61 Å². The molecule has 0 aliphatic heterocycles. The number of aromatic hydroxyl groups is 2. The fourth-order valence-electron chi connectivity index (χ4n) is 1.90. The van der Waals surface area contributed by atoms with Crippen molar-refractivity contribution in [3.8, 4) is 11.5 Å². The van der Waals surface area contributed by atoms with E-state index in [-0.39, 0.29) is 35.8 Å². The number of hydrogen-bond acceptors (Lipinski definition) is 5. The van der Waals surface area contributed by atoms with Gasteiger partial charge in [0, 0.05) is 6.42 Å². The fraction of sp³-hybridized carbons (Fsp3) is 0.429. The van der Waals surface area contributed by atoms with Gasteiger partial charge in [0.05, 0.1) is 17.7 Å². The van der Waals surface area contributed by atoms with Crippen LogP contribution in [0.15, 0.2) is 6.07 Å². The highest BCUT2D eigenvalue weighted by Crippen LogP contribution is 2.34. The monoisotopic (exact) mass is 266 g/mol. The molecule has 0 saturated heterocycles. The molecule has 5 nitrogen and oxygen atoms in total. The summed E-state index contributed by atoms with van der Waals surface area (Å²) in [7, 11) is 0. The molecule has 0 heterocycles. The molecule has 0 spiro atoms. The van der Waals surface area contributed by atoms with E-state index in [2.05, 4.69) is 0 Å². The average molecular weight is 266 g/mol. The van der Waals surface area contributed by atoms with Gasteiger partial charge in [-0.05, 0) is 24.0 Å². The third-order valence-electron chi connectivity index (χ3n) is 2.77. The van der Waals surface area contributed by atoms with Gasteiger partial charge in [-0.1, -0.05) is 13.8 Å². The minimum atomic E-state index is -0.529. The van der Waals surface area contributed by atoms with E-state index < -0.39 is 11.5 Å². The molecule has 0 aromatic heterocycles. The maximum absolute atomic E-state index is 11.8. The van der Waals surface area contributed by atoms with Crippen LogP contribution in [-0.4, -0.2) is 34.0 Å². The van der Waals surface area contributed by atoms with Crippen molar-refractivity contribution >= 4 is 12.1 Å². The van der Waals surface area contributed by atoms with Crippen LogP contribution < -0.4 is 0 Å². The van der Waals surface area contributed by atoms with Crippen molar-refractivity contribution in [2.24, 2.45) is 5.92 Å². The van der Waals surface area contributed by atoms with E-state index in [1.165, 1.54) is 6.07 Å². The van der Waals surface area contributed by atoms with Crippen LogP contribution in [0.2, 0.25) is 0 Å². The second-order valence-corrected chi connectivity index (χ2v) is 4.81. The molecule has 0 saturated carbocycles. The third-order valence-corrected chi connectivity index (χ3v) is 2.77. The molecule has 0 atom stereocenters. The van der Waals surface area contributed by atoms with Crippen LogP contribution in [0.3, 0.4) is 0 Å². The maximum Gasteiger partial charge on any atom is 0.168 e. The van der Waals surface area contributed by atoms with Crippen molar-refractivity contribution in [2.45, 2.75) is 26.7 Å². The summed E-state index contributed by atoms with van der Waals surface area (Å²) in [4.78, 5) is 22.7. The molecule has 104 valence electrons. The summed E-state index contributed by atoms with van der Waals surface area (Å²) in [6, 6.07) is 1.38. The molecule has 5 heteroatoms. The zero-order valence-corrected chi connectivity index (χ0v) is 11.0. The first-order chi connectivity index (χ1) is 8.92. The Morgan fingerprint density at radius 2 is 1.95 bits per heavy atom. The summed E-state index contributed by atoms with van der Waals surface area (Å²) in [5.74, 6) is -1.07. The van der Waals surface area contributed by atoms with E-state index >= 15 is 0 Å². The standard InChI is InChI=1S/C14H18O5/c1-8(2)5-9-6-10(12(17)3-4-15)14(19)11(7-16)13(9)18/h6-8,15,18-19H,3-5H2,1-2H3. The summed E-state index contributed by atoms with van der Waals surface area (Å²) in [5.41, 5.74) is 0.125. The Kier molecular flexibility index (Phi) is 5.06. The SMILES string of the molecule is CC(C)Cc1cc(C(=O)CCO)c(O)c(C=O)c1O. The first kappa shape index (κ1) is 15.2. The number of benzene rings is 1. The van der Waals surface area contributed by atoms with Crippen LogP contribution in [0.5, 0.6) is 11.5 Å². The van der Waals surface area contributed by atoms with Crippen LogP contribution in [0.1, 0.15) is 46.5 Å². The first-order valence-corrected chi connectivity index (χ1v) is 6.09. The van der Waals surface area contributed by atoms with Gasteiger partial charge < -0.3 is 15.3 Å². The topological polar surface area (TPSA) is 94.8 Å². The third kappa shape index (κ3) is 3.32. The van der Waals surface area contributed by atoms with Gasteiger partial charge in [0.2, 0.25) is 0 Å². The van der Waals surface area contributed by atoms with Crippen LogP contribution in [0, 0.1) is 5.92 Å². The summed E-state index contributed by atoms with van der Waals surface area (Å²) in [6.45, 7) is 3.53. The Bertz CT molecular complexity index is 491. The van der Waals surface area contributed by atoms with E-state index in [4.69, 9.17) is 5.11 Å². The summed E-state index contributed by atoms with van der Waals surface area (Å²) >= 11 is 0. The van der Waals surface area contributed by atoms with Crippen LogP contribution in [-0.2, 0) is 6.42 Å². The number of rotatable bonds is 6. The summed E-state index contributed by atoms with van der Waals surface area (Å²) < 4.78 is 0. The number of aliphatic hydroxyl groups is 1. The molecule has 19 heavy (non-hydrogen) atoms. The van der Waals surface area contributed by atoms with E-state index in [0.29, 0.717) is 18.3 Å². The zero-order chi connectivity index (χ0) is 14.6. The van der Waals surface area contributed by atoms with Gasteiger partial charge in [-0.3, -0.25) is 9.59 Å². The molecule has 0 unspecified atom stereocenters. The molecule has 0 radical (unpaired) electrons. The van der Waals surface area contributed by atoms with Gasteiger partial charge in [0.25, 0.3) is 0 Å². The van der Waals surface area contributed by atoms with Crippen molar-refractivity contribution < 1.29 is 24.9 Å². The van der Waals surface area contributed by atoms with Crippen molar-refractivity contribution in [1.82, 2.24) is 0 Å². The molecule has 1 rings (SSSR count). The normalized spacial score (nSPS) is 10.7. The number of ketones is 1. The quantitative estimate of drug-likeness (QED) is 0.538. The van der Waals surface area contributed by atoms with Crippen LogP contribution >= 0.6 is 0 Å². The second kappa shape index (κ2) is 6.33.